The summed E-state index contributed by atoms with van der Waals surface area (Å²) in [5.74, 6) is 0.848. The molecule has 0 aromatic rings. The number of methoxy groups -OCH3 is 1. The Bertz CT molecular complexity index is 290. The molecule has 0 amide bonds. The van der Waals surface area contributed by atoms with Crippen molar-refractivity contribution in [3.8, 4) is 0 Å². The van der Waals surface area contributed by atoms with Gasteiger partial charge < -0.3 is 14.2 Å². The van der Waals surface area contributed by atoms with Gasteiger partial charge in [-0.3, -0.25) is 0 Å². The van der Waals surface area contributed by atoms with Crippen LogP contribution in [0.3, 0.4) is 0 Å². The van der Waals surface area contributed by atoms with Gasteiger partial charge in [0, 0.05) is 7.11 Å². The lowest BCUT2D eigenvalue weighted by Crippen LogP contribution is -2.36. The zero-order chi connectivity index (χ0) is 15.4. The molecule has 1 aliphatic rings. The van der Waals surface area contributed by atoms with E-state index in [2.05, 4.69) is 34.6 Å². The highest BCUT2D eigenvalue weighted by molar-refractivity contribution is 4.92. The quantitative estimate of drug-likeness (QED) is 0.662. The molecule has 1 heterocycles. The van der Waals surface area contributed by atoms with Crippen LogP contribution in [0.1, 0.15) is 67.2 Å². The van der Waals surface area contributed by atoms with Crippen LogP contribution in [0.15, 0.2) is 0 Å². The summed E-state index contributed by atoms with van der Waals surface area (Å²) in [5.41, 5.74) is -0.243. The third kappa shape index (κ3) is 4.44. The lowest BCUT2D eigenvalue weighted by Gasteiger charge is -2.30. The van der Waals surface area contributed by atoms with E-state index in [-0.39, 0.29) is 11.7 Å². The van der Waals surface area contributed by atoms with Crippen LogP contribution in [-0.4, -0.2) is 31.2 Å². The van der Waals surface area contributed by atoms with Crippen LogP contribution >= 0.6 is 0 Å². The maximum Gasteiger partial charge on any atom is 0.190 e. The van der Waals surface area contributed by atoms with Crippen LogP contribution in [0.2, 0.25) is 0 Å². The number of hydrogen-bond donors (Lipinski definition) is 0. The lowest BCUT2D eigenvalue weighted by atomic mass is 9.81. The highest BCUT2D eigenvalue weighted by Crippen LogP contribution is 2.41. The monoisotopic (exact) mass is 286 g/mol. The molecule has 1 saturated heterocycles. The highest BCUT2D eigenvalue weighted by atomic mass is 16.8. The minimum absolute atomic E-state index is 0.145. The van der Waals surface area contributed by atoms with Gasteiger partial charge in [-0.15, -0.1) is 0 Å². The van der Waals surface area contributed by atoms with Crippen molar-refractivity contribution < 1.29 is 14.2 Å². The van der Waals surface area contributed by atoms with Crippen LogP contribution < -0.4 is 0 Å². The molecule has 0 N–H and O–H groups in total. The number of hydrogen-bond acceptors (Lipinski definition) is 3. The Balaban J connectivity index is 2.70. The molecule has 0 aromatic heterocycles. The summed E-state index contributed by atoms with van der Waals surface area (Å²) in [6.07, 6.45) is 4.97. The molecule has 0 aromatic carbocycles. The van der Waals surface area contributed by atoms with Gasteiger partial charge in [0.15, 0.2) is 5.79 Å². The Morgan fingerprint density at radius 3 is 2.35 bits per heavy atom. The average Bonchev–Trinajstić information content (AvgIpc) is 2.56. The van der Waals surface area contributed by atoms with Gasteiger partial charge in [-0.1, -0.05) is 40.0 Å². The van der Waals surface area contributed by atoms with Gasteiger partial charge in [0.25, 0.3) is 0 Å². The minimum atomic E-state index is -0.602. The fourth-order valence-electron chi connectivity index (χ4n) is 3.51. The van der Waals surface area contributed by atoms with Crippen molar-refractivity contribution in [3.63, 3.8) is 0 Å². The molecule has 1 rings (SSSR count). The SMILES string of the molecule is CCC[C@@H](C)[C@@H](CC)C[C@@H]1O[C@](C)(COC)OC1(C)C. The van der Waals surface area contributed by atoms with Crippen LogP contribution in [0.25, 0.3) is 0 Å². The van der Waals surface area contributed by atoms with E-state index >= 15 is 0 Å². The van der Waals surface area contributed by atoms with Crippen molar-refractivity contribution in [1.29, 1.82) is 0 Å². The van der Waals surface area contributed by atoms with Crippen molar-refractivity contribution >= 4 is 0 Å². The van der Waals surface area contributed by atoms with E-state index in [0.29, 0.717) is 12.5 Å². The molecule has 1 fully saturated rings. The zero-order valence-electron chi connectivity index (χ0n) is 14.5. The van der Waals surface area contributed by atoms with Gasteiger partial charge in [-0.2, -0.15) is 0 Å². The van der Waals surface area contributed by atoms with E-state index in [4.69, 9.17) is 14.2 Å². The van der Waals surface area contributed by atoms with Crippen molar-refractivity contribution in [3.05, 3.63) is 0 Å². The second-order valence-electron chi connectivity index (χ2n) is 7.05. The van der Waals surface area contributed by atoms with E-state index < -0.39 is 5.79 Å². The highest BCUT2D eigenvalue weighted by Gasteiger charge is 2.50. The largest absolute Gasteiger partial charge is 0.379 e. The molecule has 3 heteroatoms. The van der Waals surface area contributed by atoms with Crippen molar-refractivity contribution in [2.45, 2.75) is 84.7 Å². The molecule has 0 spiro atoms. The molecule has 4 atom stereocenters. The van der Waals surface area contributed by atoms with E-state index in [1.54, 1.807) is 7.11 Å². The molecule has 3 nitrogen and oxygen atoms in total. The Morgan fingerprint density at radius 2 is 1.85 bits per heavy atom. The van der Waals surface area contributed by atoms with Gasteiger partial charge in [-0.25, -0.2) is 0 Å². The molecule has 0 aliphatic carbocycles. The lowest BCUT2D eigenvalue weighted by molar-refractivity contribution is -0.200. The van der Waals surface area contributed by atoms with Crippen molar-refractivity contribution in [2.24, 2.45) is 11.8 Å². The molecular weight excluding hydrogens is 252 g/mol. The summed E-state index contributed by atoms with van der Waals surface area (Å²) in [5, 5.41) is 0. The van der Waals surface area contributed by atoms with Gasteiger partial charge in [-0.05, 0) is 39.0 Å². The fourth-order valence-corrected chi connectivity index (χ4v) is 3.51. The summed E-state index contributed by atoms with van der Waals surface area (Å²) < 4.78 is 17.6. The summed E-state index contributed by atoms with van der Waals surface area (Å²) in [4.78, 5) is 0. The zero-order valence-corrected chi connectivity index (χ0v) is 14.5. The predicted octanol–water partition coefficient (Wildman–Crippen LogP) is 4.40. The minimum Gasteiger partial charge on any atom is -0.379 e. The van der Waals surface area contributed by atoms with Crippen LogP contribution in [-0.2, 0) is 14.2 Å². The van der Waals surface area contributed by atoms with Crippen LogP contribution in [0.5, 0.6) is 0 Å². The van der Waals surface area contributed by atoms with Gasteiger partial charge in [0.05, 0.1) is 11.7 Å². The molecule has 20 heavy (non-hydrogen) atoms. The third-order valence-corrected chi connectivity index (χ3v) is 4.64. The standard InChI is InChI=1S/C17H34O3/c1-8-10-13(3)14(9-2)11-15-16(4,5)20-17(6,19-15)12-18-7/h13-15H,8-12H2,1-7H3/t13-,14+,15+,17+/m1/s1. The normalized spacial score (nSPS) is 32.2. The van der Waals surface area contributed by atoms with Gasteiger partial charge in [0.2, 0.25) is 0 Å². The van der Waals surface area contributed by atoms with E-state index in [1.807, 2.05) is 6.92 Å². The van der Waals surface area contributed by atoms with Gasteiger partial charge in [0.1, 0.15) is 6.61 Å². The topological polar surface area (TPSA) is 27.7 Å². The molecule has 0 unspecified atom stereocenters. The maximum atomic E-state index is 6.22. The fraction of sp³-hybridized carbons (Fsp3) is 1.00. The second-order valence-corrected chi connectivity index (χ2v) is 7.05. The Kier molecular flexibility index (Phi) is 6.49. The van der Waals surface area contributed by atoms with Gasteiger partial charge >= 0.3 is 0 Å². The Hall–Kier alpha value is -0.120. The first kappa shape index (κ1) is 17.9. The summed E-state index contributed by atoms with van der Waals surface area (Å²) in [7, 11) is 1.69. The molecule has 1 aliphatic heterocycles. The van der Waals surface area contributed by atoms with E-state index in [0.717, 1.165) is 12.3 Å². The Morgan fingerprint density at radius 1 is 1.20 bits per heavy atom. The summed E-state index contributed by atoms with van der Waals surface area (Å²) in [6, 6.07) is 0. The Labute approximate surface area is 125 Å². The van der Waals surface area contributed by atoms with Crippen molar-refractivity contribution in [2.75, 3.05) is 13.7 Å². The first-order valence-corrected chi connectivity index (χ1v) is 8.15. The maximum absolute atomic E-state index is 6.22. The smallest absolute Gasteiger partial charge is 0.190 e. The van der Waals surface area contributed by atoms with E-state index in [9.17, 15) is 0 Å². The molecule has 0 bridgehead atoms. The van der Waals surface area contributed by atoms with E-state index in [1.165, 1.54) is 19.3 Å². The second kappa shape index (κ2) is 7.24. The summed E-state index contributed by atoms with van der Waals surface area (Å²) in [6.45, 7) is 13.6. The van der Waals surface area contributed by atoms with Crippen LogP contribution in [0, 0.1) is 11.8 Å². The first-order valence-electron chi connectivity index (χ1n) is 8.15. The predicted molar refractivity (Wildman–Crippen MR) is 82.8 cm³/mol. The average molecular weight is 286 g/mol. The molecule has 120 valence electrons. The van der Waals surface area contributed by atoms with Crippen LogP contribution in [0.4, 0.5) is 0 Å². The summed E-state index contributed by atoms with van der Waals surface area (Å²) >= 11 is 0. The molecule has 0 saturated carbocycles. The number of rotatable bonds is 8. The first-order chi connectivity index (χ1) is 9.28. The molecule has 0 radical (unpaired) electrons. The molecular formula is C17H34O3. The number of ether oxygens (including phenoxy) is 3. The van der Waals surface area contributed by atoms with Crippen molar-refractivity contribution in [1.82, 2.24) is 0 Å². The third-order valence-electron chi connectivity index (χ3n) is 4.64.